The molecule has 2 heterocycles. The minimum Gasteiger partial charge on any atom is -0.381 e. The van der Waals surface area contributed by atoms with Crippen molar-refractivity contribution in [2.75, 3.05) is 23.8 Å². The number of anilines is 2. The molecule has 27 heavy (non-hydrogen) atoms. The SMILES string of the molecule is CCCC(=O)Nc1nnc(CCOCCc2nnc(NC(=O)CCC)s2)s1. The minimum atomic E-state index is -0.0428. The van der Waals surface area contributed by atoms with Crippen LogP contribution in [-0.2, 0) is 27.2 Å². The summed E-state index contributed by atoms with van der Waals surface area (Å²) >= 11 is 2.72. The maximum Gasteiger partial charge on any atom is 0.226 e. The summed E-state index contributed by atoms with van der Waals surface area (Å²) in [6.07, 6.45) is 3.83. The third kappa shape index (κ3) is 8.06. The van der Waals surface area contributed by atoms with E-state index in [1.807, 2.05) is 13.8 Å². The summed E-state index contributed by atoms with van der Waals surface area (Å²) in [5.41, 5.74) is 0. The number of carbonyl (C=O) groups is 2. The number of nitrogens with zero attached hydrogens (tertiary/aromatic N) is 4. The lowest BCUT2D eigenvalue weighted by Crippen LogP contribution is -2.10. The molecule has 0 radical (unpaired) electrons. The van der Waals surface area contributed by atoms with Gasteiger partial charge >= 0.3 is 0 Å². The summed E-state index contributed by atoms with van der Waals surface area (Å²) in [6.45, 7) is 4.92. The molecule has 2 aromatic heterocycles. The Morgan fingerprint density at radius 2 is 1.26 bits per heavy atom. The molecule has 0 spiro atoms. The van der Waals surface area contributed by atoms with E-state index in [1.165, 1.54) is 22.7 Å². The second-order valence-electron chi connectivity index (χ2n) is 5.71. The van der Waals surface area contributed by atoms with Gasteiger partial charge in [-0.2, -0.15) is 0 Å². The first-order valence-corrected chi connectivity index (χ1v) is 10.6. The molecule has 0 saturated carbocycles. The summed E-state index contributed by atoms with van der Waals surface area (Å²) in [7, 11) is 0. The van der Waals surface area contributed by atoms with Crippen LogP contribution in [0.25, 0.3) is 0 Å². The molecule has 0 fully saturated rings. The van der Waals surface area contributed by atoms with Crippen LogP contribution in [0.4, 0.5) is 10.3 Å². The highest BCUT2D eigenvalue weighted by Crippen LogP contribution is 2.17. The monoisotopic (exact) mass is 412 g/mol. The highest BCUT2D eigenvalue weighted by Gasteiger charge is 2.09. The average molecular weight is 413 g/mol. The molecule has 0 bridgehead atoms. The van der Waals surface area contributed by atoms with E-state index in [2.05, 4.69) is 31.0 Å². The molecule has 0 unspecified atom stereocenters. The molecule has 0 aliphatic heterocycles. The number of nitrogens with one attached hydrogen (secondary N) is 2. The van der Waals surface area contributed by atoms with Gasteiger partial charge < -0.3 is 15.4 Å². The minimum absolute atomic E-state index is 0.0428. The number of ether oxygens (including phenoxy) is 1. The largest absolute Gasteiger partial charge is 0.381 e. The first-order chi connectivity index (χ1) is 13.1. The number of amides is 2. The average Bonchev–Trinajstić information content (AvgIpc) is 3.24. The number of rotatable bonds is 12. The molecule has 0 saturated heterocycles. The predicted molar refractivity (Wildman–Crippen MR) is 105 cm³/mol. The van der Waals surface area contributed by atoms with Crippen LogP contribution in [0.3, 0.4) is 0 Å². The lowest BCUT2D eigenvalue weighted by atomic mass is 10.3. The fraction of sp³-hybridized carbons (Fsp3) is 0.625. The zero-order valence-electron chi connectivity index (χ0n) is 15.5. The lowest BCUT2D eigenvalue weighted by molar-refractivity contribution is -0.117. The quantitative estimate of drug-likeness (QED) is 0.514. The van der Waals surface area contributed by atoms with Gasteiger partial charge in [0.15, 0.2) is 0 Å². The maximum absolute atomic E-state index is 11.5. The highest BCUT2D eigenvalue weighted by atomic mass is 32.1. The van der Waals surface area contributed by atoms with Gasteiger partial charge in [0.25, 0.3) is 0 Å². The van der Waals surface area contributed by atoms with Gasteiger partial charge in [-0.15, -0.1) is 20.4 Å². The van der Waals surface area contributed by atoms with Crippen molar-refractivity contribution in [1.82, 2.24) is 20.4 Å². The number of hydrogen-bond donors (Lipinski definition) is 2. The van der Waals surface area contributed by atoms with Crippen molar-refractivity contribution in [3.05, 3.63) is 10.0 Å². The second kappa shape index (κ2) is 11.7. The Morgan fingerprint density at radius 3 is 1.67 bits per heavy atom. The molecule has 11 heteroatoms. The Kier molecular flexibility index (Phi) is 9.22. The molecule has 0 aliphatic carbocycles. The Labute approximate surface area is 166 Å². The standard InChI is InChI=1S/C16H24N6O3S2/c1-3-5-11(23)17-15-21-19-13(26-15)7-9-25-10-8-14-20-22-16(27-14)18-12(24)6-4-2/h3-10H2,1-2H3,(H,17,21,23)(H,18,22,24). The van der Waals surface area contributed by atoms with E-state index in [-0.39, 0.29) is 11.8 Å². The molecular formula is C16H24N6O3S2. The van der Waals surface area contributed by atoms with Crippen molar-refractivity contribution in [3.8, 4) is 0 Å². The zero-order chi connectivity index (χ0) is 19.5. The van der Waals surface area contributed by atoms with Crippen LogP contribution < -0.4 is 10.6 Å². The lowest BCUT2D eigenvalue weighted by Gasteiger charge is -2.00. The predicted octanol–water partition coefficient (Wildman–Crippen LogP) is 2.67. The Bertz CT molecular complexity index is 673. The van der Waals surface area contributed by atoms with E-state index in [4.69, 9.17) is 4.74 Å². The third-order valence-corrected chi connectivity index (χ3v) is 5.10. The molecule has 148 valence electrons. The third-order valence-electron chi connectivity index (χ3n) is 3.30. The second-order valence-corrected chi connectivity index (χ2v) is 7.83. The molecule has 2 N–H and O–H groups in total. The molecule has 2 rings (SSSR count). The van der Waals surface area contributed by atoms with E-state index in [0.29, 0.717) is 49.2 Å². The summed E-state index contributed by atoms with van der Waals surface area (Å²) < 4.78 is 5.60. The fourth-order valence-corrected chi connectivity index (χ4v) is 3.52. The molecule has 2 aromatic rings. The van der Waals surface area contributed by atoms with E-state index in [9.17, 15) is 9.59 Å². The Morgan fingerprint density at radius 1 is 0.815 bits per heavy atom. The van der Waals surface area contributed by atoms with Crippen molar-refractivity contribution in [2.24, 2.45) is 0 Å². The molecule has 0 aliphatic rings. The highest BCUT2D eigenvalue weighted by molar-refractivity contribution is 7.15. The summed E-state index contributed by atoms with van der Waals surface area (Å²) in [5.74, 6) is -0.0856. The summed E-state index contributed by atoms with van der Waals surface area (Å²) in [5, 5.41) is 24.1. The van der Waals surface area contributed by atoms with Gasteiger partial charge in [0.1, 0.15) is 10.0 Å². The van der Waals surface area contributed by atoms with Crippen molar-refractivity contribution in [2.45, 2.75) is 52.4 Å². The number of hydrogen-bond acceptors (Lipinski definition) is 9. The fourth-order valence-electron chi connectivity index (χ4n) is 2.05. The normalized spacial score (nSPS) is 10.7. The van der Waals surface area contributed by atoms with Crippen LogP contribution >= 0.6 is 22.7 Å². The van der Waals surface area contributed by atoms with Crippen LogP contribution in [0, 0.1) is 0 Å². The van der Waals surface area contributed by atoms with Gasteiger partial charge in [-0.05, 0) is 12.8 Å². The first kappa shape index (κ1) is 21.3. The van der Waals surface area contributed by atoms with Gasteiger partial charge in [-0.1, -0.05) is 36.5 Å². The molecular weight excluding hydrogens is 388 g/mol. The van der Waals surface area contributed by atoms with E-state index < -0.39 is 0 Å². The summed E-state index contributed by atoms with van der Waals surface area (Å²) in [6, 6.07) is 0. The van der Waals surface area contributed by atoms with Crippen molar-refractivity contribution >= 4 is 44.8 Å². The molecule has 0 aromatic carbocycles. The topological polar surface area (TPSA) is 119 Å². The molecule has 2 amide bonds. The molecule has 9 nitrogen and oxygen atoms in total. The Balaban J connectivity index is 1.62. The van der Waals surface area contributed by atoms with Crippen LogP contribution in [0.1, 0.15) is 49.5 Å². The van der Waals surface area contributed by atoms with Gasteiger partial charge in [0.05, 0.1) is 13.2 Å². The van der Waals surface area contributed by atoms with E-state index in [1.54, 1.807) is 0 Å². The van der Waals surface area contributed by atoms with Gasteiger partial charge in [-0.25, -0.2) is 0 Å². The maximum atomic E-state index is 11.5. The van der Waals surface area contributed by atoms with E-state index in [0.717, 1.165) is 22.9 Å². The van der Waals surface area contributed by atoms with Crippen molar-refractivity contribution in [3.63, 3.8) is 0 Å². The van der Waals surface area contributed by atoms with Gasteiger partial charge in [0.2, 0.25) is 22.1 Å². The van der Waals surface area contributed by atoms with Gasteiger partial charge in [0, 0.05) is 25.7 Å². The van der Waals surface area contributed by atoms with Crippen LogP contribution in [0.2, 0.25) is 0 Å². The Hall–Kier alpha value is -1.98. The van der Waals surface area contributed by atoms with Crippen LogP contribution in [-0.4, -0.2) is 45.4 Å². The number of aromatic nitrogens is 4. The van der Waals surface area contributed by atoms with Crippen molar-refractivity contribution < 1.29 is 14.3 Å². The van der Waals surface area contributed by atoms with E-state index >= 15 is 0 Å². The van der Waals surface area contributed by atoms with Crippen molar-refractivity contribution in [1.29, 1.82) is 0 Å². The van der Waals surface area contributed by atoms with Crippen LogP contribution in [0.15, 0.2) is 0 Å². The van der Waals surface area contributed by atoms with Crippen LogP contribution in [0.5, 0.6) is 0 Å². The number of carbonyl (C=O) groups excluding carboxylic acids is 2. The van der Waals surface area contributed by atoms with Gasteiger partial charge in [-0.3, -0.25) is 9.59 Å². The smallest absolute Gasteiger partial charge is 0.226 e. The first-order valence-electron chi connectivity index (χ1n) is 8.92. The zero-order valence-corrected chi connectivity index (χ0v) is 17.1. The summed E-state index contributed by atoms with van der Waals surface area (Å²) in [4.78, 5) is 23.0. The molecule has 0 atom stereocenters.